The predicted octanol–water partition coefficient (Wildman–Crippen LogP) is 1.59. The lowest BCUT2D eigenvalue weighted by Crippen LogP contribution is -2.28. The van der Waals surface area contributed by atoms with Crippen molar-refractivity contribution >= 4 is 11.6 Å². The Labute approximate surface area is 104 Å². The smallest absolute Gasteiger partial charge is 0.261 e. The summed E-state index contributed by atoms with van der Waals surface area (Å²) in [6.07, 6.45) is -2.49. The lowest BCUT2D eigenvalue weighted by atomic mass is 10.1. The number of nitrogen functional groups attached to an aromatic ring is 1. The number of hydrogen-bond donors (Lipinski definition) is 2. The van der Waals surface area contributed by atoms with Crippen LogP contribution >= 0.6 is 0 Å². The molecular weight excluding hydrogens is 242 g/mol. The molecule has 0 radical (unpaired) electrons. The zero-order valence-corrected chi connectivity index (χ0v) is 10.1. The maximum atomic E-state index is 11.8. The molecule has 0 aromatic heterocycles. The van der Waals surface area contributed by atoms with E-state index < -0.39 is 13.0 Å². The summed E-state index contributed by atoms with van der Waals surface area (Å²) in [6, 6.07) is 4.96. The first-order chi connectivity index (χ1) is 8.50. The van der Waals surface area contributed by atoms with Crippen molar-refractivity contribution < 1.29 is 18.3 Å². The number of nitrogens with one attached hydrogen (secondary N) is 1. The minimum Gasteiger partial charge on any atom is -0.399 e. The van der Waals surface area contributed by atoms with E-state index in [4.69, 9.17) is 5.73 Å². The van der Waals surface area contributed by atoms with E-state index in [-0.39, 0.29) is 19.1 Å². The highest BCUT2D eigenvalue weighted by Gasteiger charge is 2.08. The van der Waals surface area contributed by atoms with Crippen molar-refractivity contribution in [2.75, 3.05) is 25.5 Å². The predicted molar refractivity (Wildman–Crippen MR) is 64.7 cm³/mol. The number of rotatable bonds is 6. The summed E-state index contributed by atoms with van der Waals surface area (Å²) in [6.45, 7) is 1.41. The highest BCUT2D eigenvalue weighted by Crippen LogP contribution is 2.12. The van der Waals surface area contributed by atoms with Crippen LogP contribution in [0.3, 0.4) is 0 Å². The molecule has 0 aliphatic rings. The number of carbonyl (C=O) groups is 1. The lowest BCUT2D eigenvalue weighted by Gasteiger charge is -2.08. The summed E-state index contributed by atoms with van der Waals surface area (Å²) in [5.41, 5.74) is 7.44. The largest absolute Gasteiger partial charge is 0.399 e. The monoisotopic (exact) mass is 258 g/mol. The SMILES string of the molecule is Cc1cc(N)ccc1C(=O)NCCOCC(F)F. The number of carbonyl (C=O) groups excluding carboxylic acids is 1. The minimum atomic E-state index is -2.49. The molecule has 0 atom stereocenters. The van der Waals surface area contributed by atoms with Gasteiger partial charge in [0.25, 0.3) is 12.3 Å². The summed E-state index contributed by atoms with van der Waals surface area (Å²) in [4.78, 5) is 11.7. The molecular formula is C12H16F2N2O2. The van der Waals surface area contributed by atoms with Crippen molar-refractivity contribution in [3.8, 4) is 0 Å². The third-order valence-electron chi connectivity index (χ3n) is 2.27. The Morgan fingerprint density at radius 2 is 2.22 bits per heavy atom. The van der Waals surface area contributed by atoms with Crippen LogP contribution in [0.2, 0.25) is 0 Å². The number of ether oxygens (including phenoxy) is 1. The molecule has 0 fully saturated rings. The first kappa shape index (κ1) is 14.4. The number of alkyl halides is 2. The zero-order valence-electron chi connectivity index (χ0n) is 10.1. The minimum absolute atomic E-state index is 0.0596. The van der Waals surface area contributed by atoms with Gasteiger partial charge in [-0.15, -0.1) is 0 Å². The van der Waals surface area contributed by atoms with E-state index in [1.807, 2.05) is 0 Å². The first-order valence-electron chi connectivity index (χ1n) is 5.51. The second-order valence-electron chi connectivity index (χ2n) is 3.80. The molecule has 0 heterocycles. The summed E-state index contributed by atoms with van der Waals surface area (Å²) >= 11 is 0. The van der Waals surface area contributed by atoms with E-state index in [0.717, 1.165) is 5.56 Å². The number of benzene rings is 1. The van der Waals surface area contributed by atoms with Crippen molar-refractivity contribution in [2.45, 2.75) is 13.3 Å². The molecule has 6 heteroatoms. The molecule has 0 saturated carbocycles. The van der Waals surface area contributed by atoms with Crippen LogP contribution in [0.15, 0.2) is 18.2 Å². The molecule has 18 heavy (non-hydrogen) atoms. The van der Waals surface area contributed by atoms with Gasteiger partial charge in [-0.05, 0) is 30.7 Å². The quantitative estimate of drug-likeness (QED) is 0.601. The molecule has 3 N–H and O–H groups in total. The van der Waals surface area contributed by atoms with Gasteiger partial charge in [0.2, 0.25) is 0 Å². The summed E-state index contributed by atoms with van der Waals surface area (Å²) in [7, 11) is 0. The van der Waals surface area contributed by atoms with E-state index in [2.05, 4.69) is 10.1 Å². The molecule has 0 saturated heterocycles. The van der Waals surface area contributed by atoms with Gasteiger partial charge in [-0.25, -0.2) is 8.78 Å². The summed E-state index contributed by atoms with van der Waals surface area (Å²) in [5, 5.41) is 2.58. The van der Waals surface area contributed by atoms with Crippen molar-refractivity contribution in [1.82, 2.24) is 5.32 Å². The van der Waals surface area contributed by atoms with E-state index in [9.17, 15) is 13.6 Å². The van der Waals surface area contributed by atoms with Gasteiger partial charge >= 0.3 is 0 Å². The second kappa shape index (κ2) is 6.90. The van der Waals surface area contributed by atoms with E-state index in [1.54, 1.807) is 25.1 Å². The molecule has 0 spiro atoms. The summed E-state index contributed by atoms with van der Waals surface area (Å²) < 4.78 is 28.2. The average Bonchev–Trinajstić information content (AvgIpc) is 2.27. The van der Waals surface area contributed by atoms with Gasteiger partial charge < -0.3 is 15.8 Å². The van der Waals surface area contributed by atoms with Gasteiger partial charge in [0.1, 0.15) is 6.61 Å². The summed E-state index contributed by atoms with van der Waals surface area (Å²) in [5.74, 6) is -0.270. The highest BCUT2D eigenvalue weighted by molar-refractivity contribution is 5.95. The Balaban J connectivity index is 2.36. The van der Waals surface area contributed by atoms with Crippen LogP contribution in [0, 0.1) is 6.92 Å². The molecule has 1 rings (SSSR count). The van der Waals surface area contributed by atoms with Crippen LogP contribution in [0.1, 0.15) is 15.9 Å². The maximum absolute atomic E-state index is 11.8. The maximum Gasteiger partial charge on any atom is 0.261 e. The van der Waals surface area contributed by atoms with Crippen LogP contribution in [0.25, 0.3) is 0 Å². The van der Waals surface area contributed by atoms with Crippen molar-refractivity contribution in [3.63, 3.8) is 0 Å². The van der Waals surface area contributed by atoms with Crippen molar-refractivity contribution in [3.05, 3.63) is 29.3 Å². The Morgan fingerprint density at radius 3 is 2.83 bits per heavy atom. The van der Waals surface area contributed by atoms with Crippen LogP contribution in [0.4, 0.5) is 14.5 Å². The van der Waals surface area contributed by atoms with Crippen LogP contribution in [-0.2, 0) is 4.74 Å². The molecule has 1 aromatic rings. The number of aryl methyl sites for hydroxylation is 1. The third-order valence-corrected chi connectivity index (χ3v) is 2.27. The molecule has 100 valence electrons. The van der Waals surface area contributed by atoms with Gasteiger partial charge in [-0.3, -0.25) is 4.79 Å². The van der Waals surface area contributed by atoms with Gasteiger partial charge in [0.05, 0.1) is 6.61 Å². The molecule has 4 nitrogen and oxygen atoms in total. The number of nitrogens with two attached hydrogens (primary N) is 1. The Kier molecular flexibility index (Phi) is 5.51. The van der Waals surface area contributed by atoms with Crippen LogP contribution < -0.4 is 11.1 Å². The normalized spacial score (nSPS) is 10.7. The Bertz CT molecular complexity index is 411. The van der Waals surface area contributed by atoms with Crippen LogP contribution in [0.5, 0.6) is 0 Å². The third kappa shape index (κ3) is 4.67. The van der Waals surface area contributed by atoms with Crippen LogP contribution in [-0.4, -0.2) is 32.1 Å². The molecule has 1 amide bonds. The van der Waals surface area contributed by atoms with Crippen molar-refractivity contribution in [2.24, 2.45) is 0 Å². The number of halogens is 2. The van der Waals surface area contributed by atoms with Gasteiger partial charge in [0.15, 0.2) is 0 Å². The fourth-order valence-electron chi connectivity index (χ4n) is 1.45. The lowest BCUT2D eigenvalue weighted by molar-refractivity contribution is 0.0188. The molecule has 0 aliphatic carbocycles. The fraction of sp³-hybridized carbons (Fsp3) is 0.417. The Hall–Kier alpha value is -1.69. The standard InChI is InChI=1S/C12H16F2N2O2/c1-8-6-9(15)2-3-10(8)12(17)16-4-5-18-7-11(13)14/h2-3,6,11H,4-5,7,15H2,1H3,(H,16,17). The van der Waals surface area contributed by atoms with Gasteiger partial charge in [0, 0.05) is 17.8 Å². The average molecular weight is 258 g/mol. The molecule has 1 aromatic carbocycles. The van der Waals surface area contributed by atoms with Gasteiger partial charge in [-0.1, -0.05) is 0 Å². The molecule has 0 unspecified atom stereocenters. The molecule has 0 aliphatic heterocycles. The topological polar surface area (TPSA) is 64.4 Å². The highest BCUT2D eigenvalue weighted by atomic mass is 19.3. The number of hydrogen-bond acceptors (Lipinski definition) is 3. The fourth-order valence-corrected chi connectivity index (χ4v) is 1.45. The molecule has 0 bridgehead atoms. The second-order valence-corrected chi connectivity index (χ2v) is 3.80. The van der Waals surface area contributed by atoms with E-state index in [0.29, 0.717) is 11.3 Å². The van der Waals surface area contributed by atoms with Gasteiger partial charge in [-0.2, -0.15) is 0 Å². The number of anilines is 1. The number of amides is 1. The zero-order chi connectivity index (χ0) is 13.5. The first-order valence-corrected chi connectivity index (χ1v) is 5.51. The van der Waals surface area contributed by atoms with E-state index >= 15 is 0 Å². The Morgan fingerprint density at radius 1 is 1.50 bits per heavy atom. The van der Waals surface area contributed by atoms with E-state index in [1.165, 1.54) is 0 Å². The van der Waals surface area contributed by atoms with Crippen molar-refractivity contribution in [1.29, 1.82) is 0 Å².